The molecule has 0 spiro atoms. The number of nitro groups is 1. The van der Waals surface area contributed by atoms with Crippen molar-refractivity contribution in [2.45, 2.75) is 0 Å². The van der Waals surface area contributed by atoms with Gasteiger partial charge in [0, 0.05) is 12.3 Å². The van der Waals surface area contributed by atoms with E-state index in [1.807, 2.05) is 0 Å². The molecule has 1 aromatic carbocycles. The lowest BCUT2D eigenvalue weighted by Gasteiger charge is -2.10. The lowest BCUT2D eigenvalue weighted by Crippen LogP contribution is -2.14. The van der Waals surface area contributed by atoms with Gasteiger partial charge in [-0.15, -0.1) is 0 Å². The Morgan fingerprint density at radius 2 is 2.24 bits per heavy atom. The summed E-state index contributed by atoms with van der Waals surface area (Å²) in [5, 5.41) is 22.4. The monoisotopic (exact) mass is 352 g/mol. The second-order valence-corrected chi connectivity index (χ2v) is 4.67. The second kappa shape index (κ2) is 6.18. The Balaban J connectivity index is 2.43. The van der Waals surface area contributed by atoms with Crippen LogP contribution in [-0.4, -0.2) is 21.0 Å². The van der Waals surface area contributed by atoms with Crippen LogP contribution in [0.4, 0.5) is 5.69 Å². The topological polar surface area (TPSA) is 124 Å². The lowest BCUT2D eigenvalue weighted by atomic mass is 10.2. The summed E-state index contributed by atoms with van der Waals surface area (Å²) >= 11 is 3.23. The number of nitrogens with two attached hydrogens (primary N) is 1. The molecule has 8 nitrogen and oxygen atoms in total. The summed E-state index contributed by atoms with van der Waals surface area (Å²) in [6.07, 6.45) is 1.45. The van der Waals surface area contributed by atoms with Gasteiger partial charge in [0.15, 0.2) is 11.6 Å². The molecule has 0 fully saturated rings. The van der Waals surface area contributed by atoms with Gasteiger partial charge >= 0.3 is 0 Å². The van der Waals surface area contributed by atoms with Crippen molar-refractivity contribution in [1.29, 1.82) is 0 Å². The molecule has 2 rings (SSSR count). The number of benzene rings is 1. The van der Waals surface area contributed by atoms with E-state index in [0.29, 0.717) is 4.47 Å². The van der Waals surface area contributed by atoms with Crippen LogP contribution in [0.1, 0.15) is 5.56 Å². The van der Waals surface area contributed by atoms with E-state index in [1.54, 1.807) is 12.1 Å². The number of rotatable bonds is 4. The van der Waals surface area contributed by atoms with Gasteiger partial charge in [0.2, 0.25) is 5.88 Å². The summed E-state index contributed by atoms with van der Waals surface area (Å²) in [6, 6.07) is 7.19. The molecule has 3 N–H and O–H groups in total. The first-order chi connectivity index (χ1) is 10.0. The minimum Gasteiger partial charge on any atom is -0.437 e. The maximum atomic E-state index is 10.8. The number of pyridine rings is 1. The molecule has 0 saturated carbocycles. The second-order valence-electron chi connectivity index (χ2n) is 3.82. The number of halogens is 1. The van der Waals surface area contributed by atoms with Crippen molar-refractivity contribution in [3.63, 3.8) is 0 Å². The van der Waals surface area contributed by atoms with Crippen molar-refractivity contribution in [3.05, 3.63) is 56.7 Å². The normalized spacial score (nSPS) is 11.2. The fourth-order valence-electron chi connectivity index (χ4n) is 1.51. The van der Waals surface area contributed by atoms with Crippen LogP contribution in [0.25, 0.3) is 0 Å². The zero-order valence-corrected chi connectivity index (χ0v) is 12.0. The summed E-state index contributed by atoms with van der Waals surface area (Å²) in [5.74, 6) is 0.0727. The van der Waals surface area contributed by atoms with Gasteiger partial charge in [-0.2, -0.15) is 0 Å². The third-order valence-corrected chi connectivity index (χ3v) is 3.14. The molecule has 1 aromatic heterocycles. The molecule has 21 heavy (non-hydrogen) atoms. The Bertz CT molecular complexity index is 720. The van der Waals surface area contributed by atoms with Crippen LogP contribution in [0.2, 0.25) is 0 Å². The van der Waals surface area contributed by atoms with Crippen molar-refractivity contribution in [1.82, 2.24) is 4.98 Å². The van der Waals surface area contributed by atoms with E-state index >= 15 is 0 Å². The van der Waals surface area contributed by atoms with Crippen LogP contribution in [0.5, 0.6) is 11.6 Å². The Hall–Kier alpha value is -2.68. The summed E-state index contributed by atoms with van der Waals surface area (Å²) in [7, 11) is 0. The molecule has 0 unspecified atom stereocenters. The average molecular weight is 353 g/mol. The van der Waals surface area contributed by atoms with E-state index < -0.39 is 4.92 Å². The van der Waals surface area contributed by atoms with Crippen molar-refractivity contribution in [2.24, 2.45) is 10.9 Å². The first-order valence-corrected chi connectivity index (χ1v) is 6.37. The number of oxime groups is 1. The first kappa shape index (κ1) is 14.7. The number of hydrogen-bond acceptors (Lipinski definition) is 6. The SMILES string of the molecule is N/C(=N/O)c1cccnc1Oc1cc([N+](=O)[O-])ccc1Br. The van der Waals surface area contributed by atoms with Crippen LogP contribution in [0.3, 0.4) is 0 Å². The Morgan fingerprint density at radius 1 is 1.48 bits per heavy atom. The van der Waals surface area contributed by atoms with E-state index in [9.17, 15) is 10.1 Å². The predicted molar refractivity (Wildman–Crippen MR) is 77.6 cm³/mol. The molecule has 0 amide bonds. The van der Waals surface area contributed by atoms with Crippen molar-refractivity contribution in [2.75, 3.05) is 0 Å². The van der Waals surface area contributed by atoms with Gasteiger partial charge in [-0.05, 0) is 34.1 Å². The first-order valence-electron chi connectivity index (χ1n) is 5.57. The zero-order chi connectivity index (χ0) is 15.4. The Kier molecular flexibility index (Phi) is 4.33. The molecule has 0 saturated heterocycles. The minimum absolute atomic E-state index is 0.0639. The van der Waals surface area contributed by atoms with Gasteiger partial charge in [0.25, 0.3) is 5.69 Å². The van der Waals surface area contributed by atoms with Crippen molar-refractivity contribution < 1.29 is 14.9 Å². The van der Waals surface area contributed by atoms with Gasteiger partial charge in [-0.25, -0.2) is 4.98 Å². The van der Waals surface area contributed by atoms with Crippen LogP contribution < -0.4 is 10.5 Å². The molecule has 0 bridgehead atoms. The highest BCUT2D eigenvalue weighted by atomic mass is 79.9. The molecule has 2 aromatic rings. The van der Waals surface area contributed by atoms with Gasteiger partial charge in [0.1, 0.15) is 0 Å². The largest absolute Gasteiger partial charge is 0.437 e. The Labute approximate surface area is 127 Å². The molecule has 0 atom stereocenters. The fraction of sp³-hybridized carbons (Fsp3) is 0. The smallest absolute Gasteiger partial charge is 0.273 e. The molecule has 0 aliphatic carbocycles. The molecule has 0 aliphatic rings. The van der Waals surface area contributed by atoms with Gasteiger partial charge in [-0.1, -0.05) is 5.16 Å². The van der Waals surface area contributed by atoms with E-state index in [1.165, 1.54) is 24.4 Å². The van der Waals surface area contributed by atoms with Gasteiger partial charge in [0.05, 0.1) is 21.0 Å². The van der Waals surface area contributed by atoms with Crippen LogP contribution >= 0.6 is 15.9 Å². The number of hydrogen-bond donors (Lipinski definition) is 2. The summed E-state index contributed by atoms with van der Waals surface area (Å²) in [5.41, 5.74) is 5.66. The average Bonchev–Trinajstić information content (AvgIpc) is 2.49. The molecule has 9 heteroatoms. The van der Waals surface area contributed by atoms with Crippen LogP contribution in [0.15, 0.2) is 46.2 Å². The lowest BCUT2D eigenvalue weighted by molar-refractivity contribution is -0.384. The maximum absolute atomic E-state index is 10.8. The molecular weight excluding hydrogens is 344 g/mol. The maximum Gasteiger partial charge on any atom is 0.273 e. The third-order valence-electron chi connectivity index (χ3n) is 2.49. The van der Waals surface area contributed by atoms with E-state index in [4.69, 9.17) is 15.7 Å². The predicted octanol–water partition coefficient (Wildman–Crippen LogP) is 2.64. The standard InChI is InChI=1S/C12H9BrN4O4/c13-9-4-3-7(17(19)20)6-10(9)21-12-8(11(14)16-18)2-1-5-15-12/h1-6,18H,(H2,14,16). The highest BCUT2D eigenvalue weighted by molar-refractivity contribution is 9.10. The van der Waals surface area contributed by atoms with E-state index in [2.05, 4.69) is 26.1 Å². The highest BCUT2D eigenvalue weighted by Gasteiger charge is 2.15. The number of aromatic nitrogens is 1. The molecule has 0 aliphatic heterocycles. The Morgan fingerprint density at radius 3 is 2.90 bits per heavy atom. The number of ether oxygens (including phenoxy) is 1. The quantitative estimate of drug-likeness (QED) is 0.286. The molecule has 1 heterocycles. The summed E-state index contributed by atoms with van der Waals surface area (Å²) in [4.78, 5) is 14.2. The third kappa shape index (κ3) is 3.26. The number of nitrogens with zero attached hydrogens (tertiary/aromatic N) is 3. The van der Waals surface area contributed by atoms with E-state index in [-0.39, 0.29) is 28.7 Å². The van der Waals surface area contributed by atoms with Crippen LogP contribution in [0, 0.1) is 10.1 Å². The summed E-state index contributed by atoms with van der Waals surface area (Å²) < 4.78 is 6.02. The molecular formula is C12H9BrN4O4. The number of amidine groups is 1. The molecule has 0 radical (unpaired) electrons. The summed E-state index contributed by atoms with van der Waals surface area (Å²) in [6.45, 7) is 0. The van der Waals surface area contributed by atoms with Gasteiger partial charge in [-0.3, -0.25) is 10.1 Å². The highest BCUT2D eigenvalue weighted by Crippen LogP contribution is 2.33. The number of nitro benzene ring substituents is 1. The fourth-order valence-corrected chi connectivity index (χ4v) is 1.84. The molecule has 108 valence electrons. The zero-order valence-electron chi connectivity index (χ0n) is 10.4. The van der Waals surface area contributed by atoms with Crippen molar-refractivity contribution >= 4 is 27.5 Å². The van der Waals surface area contributed by atoms with E-state index in [0.717, 1.165) is 0 Å². The van der Waals surface area contributed by atoms with Crippen LogP contribution in [-0.2, 0) is 0 Å². The number of non-ortho nitro benzene ring substituents is 1. The van der Waals surface area contributed by atoms with Gasteiger partial charge < -0.3 is 15.7 Å². The van der Waals surface area contributed by atoms with Crippen molar-refractivity contribution in [3.8, 4) is 11.6 Å². The minimum atomic E-state index is -0.540.